The molecule has 6 heteroatoms. The van der Waals surface area contributed by atoms with Crippen molar-refractivity contribution in [2.24, 2.45) is 5.92 Å². The number of carbonyl (C=O) groups is 1. The number of hydrogen-bond acceptors (Lipinski definition) is 2. The first kappa shape index (κ1) is 14.2. The number of hydrogen-bond donors (Lipinski definition) is 0. The van der Waals surface area contributed by atoms with Gasteiger partial charge in [-0.05, 0) is 31.0 Å². The lowest BCUT2D eigenvalue weighted by Gasteiger charge is -2.34. The maximum atomic E-state index is 12.6. The highest BCUT2D eigenvalue weighted by Crippen LogP contribution is 2.35. The van der Waals surface area contributed by atoms with Gasteiger partial charge in [-0.3, -0.25) is 4.79 Å². The normalized spacial score (nSPS) is 17.6. The van der Waals surface area contributed by atoms with Crippen molar-refractivity contribution in [2.75, 3.05) is 18.0 Å². The maximum absolute atomic E-state index is 12.6. The molecule has 1 aliphatic rings. The van der Waals surface area contributed by atoms with Crippen LogP contribution in [-0.2, 0) is 0 Å². The van der Waals surface area contributed by atoms with Crippen LogP contribution in [0, 0.1) is 5.92 Å². The van der Waals surface area contributed by atoms with Gasteiger partial charge in [0.05, 0.1) is 10.9 Å². The van der Waals surface area contributed by atoms with Crippen LogP contribution < -0.4 is 4.90 Å². The fourth-order valence-corrected chi connectivity index (χ4v) is 2.49. The topological polar surface area (TPSA) is 20.3 Å². The lowest BCUT2D eigenvalue weighted by Crippen LogP contribution is -2.39. The lowest BCUT2D eigenvalue weighted by atomic mass is 9.96. The zero-order chi connectivity index (χ0) is 14.0. The Kier molecular flexibility index (Phi) is 4.04. The average Bonchev–Trinajstić information content (AvgIpc) is 2.38. The van der Waals surface area contributed by atoms with E-state index >= 15 is 0 Å². The predicted octanol–water partition coefficient (Wildman–Crippen LogP) is 3.93. The Hall–Kier alpha value is -1.23. The average molecular weight is 292 g/mol. The Morgan fingerprint density at radius 3 is 2.37 bits per heavy atom. The van der Waals surface area contributed by atoms with Gasteiger partial charge in [0.1, 0.15) is 0 Å². The van der Waals surface area contributed by atoms with Gasteiger partial charge in [-0.15, -0.1) is 0 Å². The van der Waals surface area contributed by atoms with E-state index in [2.05, 4.69) is 0 Å². The second kappa shape index (κ2) is 5.41. The molecule has 1 saturated heterocycles. The van der Waals surface area contributed by atoms with E-state index in [1.807, 2.05) is 4.90 Å². The Balaban J connectivity index is 2.06. The molecule has 0 saturated carbocycles. The number of halogens is 4. The molecule has 0 aliphatic carbocycles. The largest absolute Gasteiger partial charge is 0.391 e. The summed E-state index contributed by atoms with van der Waals surface area (Å²) in [7, 11) is 0. The summed E-state index contributed by atoms with van der Waals surface area (Å²) in [5.74, 6) is -1.21. The van der Waals surface area contributed by atoms with Crippen molar-refractivity contribution < 1.29 is 18.0 Å². The zero-order valence-electron chi connectivity index (χ0n) is 10.1. The van der Waals surface area contributed by atoms with E-state index in [4.69, 9.17) is 11.6 Å². The Bertz CT molecular complexity index is 467. The molecule has 1 aromatic carbocycles. The molecule has 0 aromatic heterocycles. The van der Waals surface area contributed by atoms with Crippen molar-refractivity contribution in [1.82, 2.24) is 0 Å². The van der Waals surface area contributed by atoms with Crippen molar-refractivity contribution in [2.45, 2.75) is 19.0 Å². The minimum atomic E-state index is -4.11. The lowest BCUT2D eigenvalue weighted by molar-refractivity contribution is -0.179. The van der Waals surface area contributed by atoms with Gasteiger partial charge in [0.25, 0.3) is 0 Å². The van der Waals surface area contributed by atoms with E-state index < -0.39 is 12.1 Å². The molecule has 0 bridgehead atoms. The van der Waals surface area contributed by atoms with E-state index in [-0.39, 0.29) is 12.8 Å². The van der Waals surface area contributed by atoms with Gasteiger partial charge in [-0.2, -0.15) is 13.2 Å². The molecular formula is C13H13ClF3NO. The summed E-state index contributed by atoms with van der Waals surface area (Å²) in [5, 5.41) is 0.324. The highest BCUT2D eigenvalue weighted by Gasteiger charge is 2.41. The molecule has 0 spiro atoms. The molecule has 1 aliphatic heterocycles. The van der Waals surface area contributed by atoms with E-state index in [0.29, 0.717) is 30.0 Å². The third kappa shape index (κ3) is 3.21. The molecule has 0 unspecified atom stereocenters. The molecule has 19 heavy (non-hydrogen) atoms. The summed E-state index contributed by atoms with van der Waals surface area (Å²) in [5.41, 5.74) is 1.15. The first-order valence-electron chi connectivity index (χ1n) is 5.98. The Morgan fingerprint density at radius 1 is 1.26 bits per heavy atom. The molecule has 0 amide bonds. The molecule has 2 nitrogen and oxygen atoms in total. The summed E-state index contributed by atoms with van der Waals surface area (Å²) in [6.07, 6.45) is -3.26. The summed E-state index contributed by atoms with van der Waals surface area (Å²) < 4.78 is 37.7. The number of carbonyl (C=O) groups excluding carboxylic acids is 1. The number of aldehydes is 1. The second-order valence-electron chi connectivity index (χ2n) is 4.63. The minimum Gasteiger partial charge on any atom is -0.371 e. The monoisotopic (exact) mass is 291 g/mol. The van der Waals surface area contributed by atoms with Gasteiger partial charge in [-0.1, -0.05) is 11.6 Å². The van der Waals surface area contributed by atoms with Crippen LogP contribution in [0.4, 0.5) is 18.9 Å². The first-order chi connectivity index (χ1) is 8.91. The molecule has 0 atom stereocenters. The molecule has 1 fully saturated rings. The number of alkyl halides is 3. The van der Waals surface area contributed by atoms with Crippen LogP contribution in [-0.4, -0.2) is 25.6 Å². The van der Waals surface area contributed by atoms with Crippen LogP contribution in [0.1, 0.15) is 23.2 Å². The minimum absolute atomic E-state index is 0.0938. The van der Waals surface area contributed by atoms with Gasteiger partial charge in [0.2, 0.25) is 0 Å². The van der Waals surface area contributed by atoms with E-state index in [1.165, 1.54) is 0 Å². The highest BCUT2D eigenvalue weighted by atomic mass is 35.5. The zero-order valence-corrected chi connectivity index (χ0v) is 10.8. The standard InChI is InChI=1S/C13H13ClF3NO/c14-12-7-11(2-1-9(12)8-19)18-5-3-10(4-6-18)13(15,16)17/h1-2,7-8,10H,3-6H2. The summed E-state index contributed by atoms with van der Waals surface area (Å²) >= 11 is 5.91. The van der Waals surface area contributed by atoms with E-state index in [9.17, 15) is 18.0 Å². The number of nitrogens with zero attached hydrogens (tertiary/aromatic N) is 1. The Morgan fingerprint density at radius 2 is 1.89 bits per heavy atom. The van der Waals surface area contributed by atoms with Crippen molar-refractivity contribution in [3.05, 3.63) is 28.8 Å². The molecule has 104 valence electrons. The van der Waals surface area contributed by atoms with Crippen LogP contribution in [0.2, 0.25) is 5.02 Å². The van der Waals surface area contributed by atoms with Crippen molar-refractivity contribution in [3.8, 4) is 0 Å². The summed E-state index contributed by atoms with van der Waals surface area (Å²) in [6.45, 7) is 0.696. The van der Waals surface area contributed by atoms with Gasteiger partial charge < -0.3 is 4.90 Å². The van der Waals surface area contributed by atoms with Crippen molar-refractivity contribution in [1.29, 1.82) is 0 Å². The summed E-state index contributed by atoms with van der Waals surface area (Å²) in [4.78, 5) is 12.5. The molecule has 1 heterocycles. The van der Waals surface area contributed by atoms with E-state index in [1.54, 1.807) is 18.2 Å². The maximum Gasteiger partial charge on any atom is 0.391 e. The first-order valence-corrected chi connectivity index (χ1v) is 6.36. The van der Waals surface area contributed by atoms with Crippen LogP contribution in [0.5, 0.6) is 0 Å². The van der Waals surface area contributed by atoms with E-state index in [0.717, 1.165) is 5.69 Å². The number of benzene rings is 1. The van der Waals surface area contributed by atoms with Gasteiger partial charge in [-0.25, -0.2) is 0 Å². The van der Waals surface area contributed by atoms with Gasteiger partial charge >= 0.3 is 6.18 Å². The quantitative estimate of drug-likeness (QED) is 0.770. The SMILES string of the molecule is O=Cc1ccc(N2CCC(C(F)(F)F)CC2)cc1Cl. The third-order valence-corrected chi connectivity index (χ3v) is 3.76. The fraction of sp³-hybridized carbons (Fsp3) is 0.462. The van der Waals surface area contributed by atoms with Crippen molar-refractivity contribution >= 4 is 23.6 Å². The third-order valence-electron chi connectivity index (χ3n) is 3.43. The van der Waals surface area contributed by atoms with Gasteiger partial charge in [0.15, 0.2) is 6.29 Å². The molecule has 2 rings (SSSR count). The van der Waals surface area contributed by atoms with Crippen molar-refractivity contribution in [3.63, 3.8) is 0 Å². The molecule has 0 N–H and O–H groups in total. The number of rotatable bonds is 2. The molecular weight excluding hydrogens is 279 g/mol. The van der Waals surface area contributed by atoms with Crippen LogP contribution >= 0.6 is 11.6 Å². The van der Waals surface area contributed by atoms with Crippen LogP contribution in [0.15, 0.2) is 18.2 Å². The number of anilines is 1. The highest BCUT2D eigenvalue weighted by molar-refractivity contribution is 6.33. The van der Waals surface area contributed by atoms with Crippen LogP contribution in [0.25, 0.3) is 0 Å². The number of piperidine rings is 1. The Labute approximate surface area is 114 Å². The molecule has 1 aromatic rings. The summed E-state index contributed by atoms with van der Waals surface area (Å²) in [6, 6.07) is 4.92. The molecule has 0 radical (unpaired) electrons. The fourth-order valence-electron chi connectivity index (χ4n) is 2.27. The second-order valence-corrected chi connectivity index (χ2v) is 5.03. The predicted molar refractivity (Wildman–Crippen MR) is 67.8 cm³/mol. The van der Waals surface area contributed by atoms with Crippen LogP contribution in [0.3, 0.4) is 0 Å². The smallest absolute Gasteiger partial charge is 0.371 e. The van der Waals surface area contributed by atoms with Gasteiger partial charge in [0, 0.05) is 24.3 Å².